The number of carbonyl (C=O) groups is 2. The molecule has 116 valence electrons. The minimum absolute atomic E-state index is 0.108. The van der Waals surface area contributed by atoms with Crippen LogP contribution < -0.4 is 10.6 Å². The lowest BCUT2D eigenvalue weighted by Crippen LogP contribution is -2.33. The Morgan fingerprint density at radius 2 is 2.09 bits per heavy atom. The smallest absolute Gasteiger partial charge is 0.222 e. The predicted molar refractivity (Wildman–Crippen MR) is 86.3 cm³/mol. The molecule has 0 aromatic carbocycles. The standard InChI is InChI=1S/C16H19N3O2S/c1-11(13-5-3-7-17-10-13)18-16(21)9-14(19-12(2)20)15-6-4-8-22-15/h3-8,10-11,14H,9H2,1-2H3,(H,18,21)(H,19,20). The molecule has 2 atom stereocenters. The molecule has 0 saturated heterocycles. The van der Waals surface area contributed by atoms with Crippen molar-refractivity contribution in [2.24, 2.45) is 0 Å². The molecule has 0 aliphatic heterocycles. The summed E-state index contributed by atoms with van der Waals surface area (Å²) in [4.78, 5) is 28.6. The average molecular weight is 317 g/mol. The lowest BCUT2D eigenvalue weighted by molar-refractivity contribution is -0.123. The van der Waals surface area contributed by atoms with Gasteiger partial charge in [-0.05, 0) is 30.0 Å². The molecular weight excluding hydrogens is 298 g/mol. The van der Waals surface area contributed by atoms with Crippen LogP contribution >= 0.6 is 11.3 Å². The molecule has 2 rings (SSSR count). The molecule has 0 saturated carbocycles. The SMILES string of the molecule is CC(=O)NC(CC(=O)NC(C)c1cccnc1)c1cccs1. The Morgan fingerprint density at radius 3 is 2.68 bits per heavy atom. The number of nitrogens with one attached hydrogen (secondary N) is 2. The van der Waals surface area contributed by atoms with Gasteiger partial charge in [0.25, 0.3) is 0 Å². The summed E-state index contributed by atoms with van der Waals surface area (Å²) in [5, 5.41) is 7.69. The fourth-order valence-electron chi connectivity index (χ4n) is 2.16. The zero-order valence-corrected chi connectivity index (χ0v) is 13.4. The highest BCUT2D eigenvalue weighted by Crippen LogP contribution is 2.22. The lowest BCUT2D eigenvalue weighted by atomic mass is 10.1. The number of amides is 2. The van der Waals surface area contributed by atoms with Crippen molar-refractivity contribution in [3.63, 3.8) is 0 Å². The largest absolute Gasteiger partial charge is 0.349 e. The van der Waals surface area contributed by atoms with Crippen molar-refractivity contribution in [1.29, 1.82) is 0 Å². The van der Waals surface area contributed by atoms with Gasteiger partial charge in [-0.15, -0.1) is 11.3 Å². The average Bonchev–Trinajstić information content (AvgIpc) is 3.01. The molecule has 0 spiro atoms. The van der Waals surface area contributed by atoms with Gasteiger partial charge in [0.15, 0.2) is 0 Å². The van der Waals surface area contributed by atoms with E-state index >= 15 is 0 Å². The summed E-state index contributed by atoms with van der Waals surface area (Å²) in [5.41, 5.74) is 0.947. The van der Waals surface area contributed by atoms with Gasteiger partial charge in [-0.25, -0.2) is 0 Å². The Hall–Kier alpha value is -2.21. The normalized spacial score (nSPS) is 13.2. The van der Waals surface area contributed by atoms with Gasteiger partial charge in [-0.1, -0.05) is 12.1 Å². The van der Waals surface area contributed by atoms with E-state index in [0.29, 0.717) is 0 Å². The van der Waals surface area contributed by atoms with E-state index in [1.54, 1.807) is 12.4 Å². The van der Waals surface area contributed by atoms with Gasteiger partial charge in [-0.2, -0.15) is 0 Å². The van der Waals surface area contributed by atoms with Gasteiger partial charge in [0.05, 0.1) is 18.5 Å². The van der Waals surface area contributed by atoms with Gasteiger partial charge in [-0.3, -0.25) is 14.6 Å². The van der Waals surface area contributed by atoms with Crippen LogP contribution in [0, 0.1) is 0 Å². The molecular formula is C16H19N3O2S. The summed E-state index contributed by atoms with van der Waals surface area (Å²) in [6, 6.07) is 7.17. The van der Waals surface area contributed by atoms with Crippen molar-refractivity contribution in [2.75, 3.05) is 0 Å². The van der Waals surface area contributed by atoms with Crippen LogP contribution in [-0.2, 0) is 9.59 Å². The zero-order valence-electron chi connectivity index (χ0n) is 12.6. The molecule has 2 unspecified atom stereocenters. The second kappa shape index (κ2) is 7.70. The van der Waals surface area contributed by atoms with Crippen LogP contribution in [0.2, 0.25) is 0 Å². The number of carbonyl (C=O) groups excluding carboxylic acids is 2. The van der Waals surface area contributed by atoms with Crippen molar-refractivity contribution in [1.82, 2.24) is 15.6 Å². The maximum atomic E-state index is 12.2. The second-order valence-corrected chi connectivity index (χ2v) is 6.03. The number of aromatic nitrogens is 1. The Morgan fingerprint density at radius 1 is 1.27 bits per heavy atom. The van der Waals surface area contributed by atoms with Gasteiger partial charge < -0.3 is 10.6 Å². The lowest BCUT2D eigenvalue weighted by Gasteiger charge is -2.19. The highest BCUT2D eigenvalue weighted by atomic mass is 32.1. The van der Waals surface area contributed by atoms with E-state index in [0.717, 1.165) is 10.4 Å². The number of thiophene rings is 1. The number of pyridine rings is 1. The van der Waals surface area contributed by atoms with E-state index in [1.807, 2.05) is 36.6 Å². The molecule has 2 heterocycles. The van der Waals surface area contributed by atoms with Crippen LogP contribution in [0.1, 0.15) is 42.8 Å². The number of hydrogen-bond acceptors (Lipinski definition) is 4. The number of nitrogens with zero attached hydrogens (tertiary/aromatic N) is 1. The van der Waals surface area contributed by atoms with Crippen molar-refractivity contribution in [3.8, 4) is 0 Å². The summed E-state index contributed by atoms with van der Waals surface area (Å²) in [6.45, 7) is 3.37. The molecule has 0 radical (unpaired) electrons. The molecule has 2 N–H and O–H groups in total. The highest BCUT2D eigenvalue weighted by molar-refractivity contribution is 7.10. The number of hydrogen-bond donors (Lipinski definition) is 2. The third-order valence-electron chi connectivity index (χ3n) is 3.22. The quantitative estimate of drug-likeness (QED) is 0.860. The van der Waals surface area contributed by atoms with E-state index in [2.05, 4.69) is 15.6 Å². The summed E-state index contributed by atoms with van der Waals surface area (Å²) < 4.78 is 0. The Kier molecular flexibility index (Phi) is 5.66. The van der Waals surface area contributed by atoms with Crippen molar-refractivity contribution < 1.29 is 9.59 Å². The van der Waals surface area contributed by atoms with Crippen LogP contribution in [0.15, 0.2) is 42.0 Å². The summed E-state index contributed by atoms with van der Waals surface area (Å²) in [5.74, 6) is -0.255. The third kappa shape index (κ3) is 4.66. The molecule has 6 heteroatoms. The molecule has 2 amide bonds. The highest BCUT2D eigenvalue weighted by Gasteiger charge is 2.19. The predicted octanol–water partition coefficient (Wildman–Crippen LogP) is 2.59. The first-order valence-corrected chi connectivity index (χ1v) is 7.94. The Labute approximate surface area is 133 Å². The van der Waals surface area contributed by atoms with Gasteiger partial charge in [0.2, 0.25) is 11.8 Å². The fourth-order valence-corrected chi connectivity index (χ4v) is 2.94. The Bertz CT molecular complexity index is 614. The van der Waals surface area contributed by atoms with Gasteiger partial charge >= 0.3 is 0 Å². The summed E-state index contributed by atoms with van der Waals surface area (Å²) in [6.07, 6.45) is 3.64. The van der Waals surface area contributed by atoms with E-state index in [4.69, 9.17) is 0 Å². The molecule has 22 heavy (non-hydrogen) atoms. The molecule has 0 fully saturated rings. The van der Waals surface area contributed by atoms with Gasteiger partial charge in [0, 0.05) is 24.2 Å². The van der Waals surface area contributed by atoms with Crippen molar-refractivity contribution in [2.45, 2.75) is 32.4 Å². The summed E-state index contributed by atoms with van der Waals surface area (Å²) >= 11 is 1.53. The molecule has 5 nitrogen and oxygen atoms in total. The second-order valence-electron chi connectivity index (χ2n) is 5.05. The third-order valence-corrected chi connectivity index (χ3v) is 4.20. The maximum Gasteiger partial charge on any atom is 0.222 e. The first kappa shape index (κ1) is 16.2. The number of rotatable bonds is 6. The maximum absolute atomic E-state index is 12.2. The minimum Gasteiger partial charge on any atom is -0.349 e. The van der Waals surface area contributed by atoms with E-state index in [1.165, 1.54) is 18.3 Å². The van der Waals surface area contributed by atoms with E-state index in [9.17, 15) is 9.59 Å². The van der Waals surface area contributed by atoms with Crippen molar-refractivity contribution >= 4 is 23.2 Å². The molecule has 0 bridgehead atoms. The van der Waals surface area contributed by atoms with Crippen LogP contribution in [-0.4, -0.2) is 16.8 Å². The first-order chi connectivity index (χ1) is 10.6. The molecule has 2 aromatic heterocycles. The van der Waals surface area contributed by atoms with Crippen LogP contribution in [0.4, 0.5) is 0 Å². The Balaban J connectivity index is 1.98. The topological polar surface area (TPSA) is 71.1 Å². The monoisotopic (exact) mass is 317 g/mol. The summed E-state index contributed by atoms with van der Waals surface area (Å²) in [7, 11) is 0. The van der Waals surface area contributed by atoms with Gasteiger partial charge in [0.1, 0.15) is 0 Å². The van der Waals surface area contributed by atoms with E-state index < -0.39 is 0 Å². The fraction of sp³-hybridized carbons (Fsp3) is 0.312. The van der Waals surface area contributed by atoms with Crippen LogP contribution in [0.25, 0.3) is 0 Å². The minimum atomic E-state index is -0.293. The van der Waals surface area contributed by atoms with E-state index in [-0.39, 0.29) is 30.3 Å². The first-order valence-electron chi connectivity index (χ1n) is 7.06. The molecule has 0 aliphatic rings. The van der Waals surface area contributed by atoms with Crippen LogP contribution in [0.5, 0.6) is 0 Å². The van der Waals surface area contributed by atoms with Crippen molar-refractivity contribution in [3.05, 3.63) is 52.5 Å². The van der Waals surface area contributed by atoms with Crippen LogP contribution in [0.3, 0.4) is 0 Å². The zero-order chi connectivity index (χ0) is 15.9. The molecule has 0 aliphatic carbocycles. The molecule has 2 aromatic rings.